The van der Waals surface area contributed by atoms with E-state index in [4.69, 9.17) is 4.74 Å². The van der Waals surface area contributed by atoms with E-state index in [1.54, 1.807) is 13.0 Å². The molecule has 0 bridgehead atoms. The number of guanidine groups is 1. The molecule has 0 amide bonds. The topological polar surface area (TPSA) is 61.8 Å². The first kappa shape index (κ1) is 21.0. The van der Waals surface area contributed by atoms with Gasteiger partial charge in [-0.3, -0.25) is 0 Å². The van der Waals surface area contributed by atoms with Gasteiger partial charge >= 0.3 is 0 Å². The van der Waals surface area contributed by atoms with Crippen LogP contribution >= 0.6 is 0 Å². The number of aromatic nitrogens is 1. The molecule has 2 heterocycles. The summed E-state index contributed by atoms with van der Waals surface area (Å²) in [5.74, 6) is 1.52. The second-order valence-corrected chi connectivity index (χ2v) is 7.28. The Labute approximate surface area is 172 Å². The summed E-state index contributed by atoms with van der Waals surface area (Å²) < 4.78 is 19.1. The first-order valence-electron chi connectivity index (χ1n) is 10.1. The number of hydrogen-bond donors (Lipinski definition) is 2. The van der Waals surface area contributed by atoms with Crippen LogP contribution in [0.5, 0.6) is 0 Å². The molecular weight excluding hydrogens is 369 g/mol. The maximum absolute atomic E-state index is 13.4. The van der Waals surface area contributed by atoms with Gasteiger partial charge in [-0.2, -0.15) is 0 Å². The van der Waals surface area contributed by atoms with Crippen molar-refractivity contribution in [3.8, 4) is 0 Å². The van der Waals surface area contributed by atoms with Gasteiger partial charge in [0.1, 0.15) is 11.6 Å². The molecule has 0 spiro atoms. The minimum atomic E-state index is -0.189. The first-order valence-corrected chi connectivity index (χ1v) is 10.1. The predicted octanol–water partition coefficient (Wildman–Crippen LogP) is 3.01. The highest BCUT2D eigenvalue weighted by Crippen LogP contribution is 2.16. The molecule has 1 aliphatic heterocycles. The van der Waals surface area contributed by atoms with Gasteiger partial charge in [0, 0.05) is 32.4 Å². The van der Waals surface area contributed by atoms with Crippen molar-refractivity contribution in [2.24, 2.45) is 4.99 Å². The summed E-state index contributed by atoms with van der Waals surface area (Å²) in [6.07, 6.45) is 2.06. The summed E-state index contributed by atoms with van der Waals surface area (Å²) in [4.78, 5) is 11.4. The molecular formula is C22H30FN5O. The van der Waals surface area contributed by atoms with Crippen molar-refractivity contribution in [1.82, 2.24) is 15.6 Å². The van der Waals surface area contributed by atoms with Gasteiger partial charge in [-0.1, -0.05) is 12.1 Å². The van der Waals surface area contributed by atoms with Crippen LogP contribution in [-0.2, 0) is 17.8 Å². The molecule has 7 heteroatoms. The average molecular weight is 400 g/mol. The molecule has 29 heavy (non-hydrogen) atoms. The third-order valence-electron chi connectivity index (χ3n) is 4.82. The smallest absolute Gasteiger partial charge is 0.191 e. The molecule has 6 nitrogen and oxygen atoms in total. The highest BCUT2D eigenvalue weighted by Gasteiger charge is 2.18. The summed E-state index contributed by atoms with van der Waals surface area (Å²) in [6.45, 7) is 10.2. The van der Waals surface area contributed by atoms with Crippen molar-refractivity contribution in [1.29, 1.82) is 0 Å². The Kier molecular flexibility index (Phi) is 7.41. The standard InChI is InChI=1S/C22H30FN5O/c1-4-24-22(26-13-18-5-6-20(23)16(2)11-18)27-14-19-7-8-25-21(12-19)28-9-10-29-17(3)15-28/h5-8,11-12,17H,4,9-10,13-15H2,1-3H3,(H2,24,26,27). The maximum Gasteiger partial charge on any atom is 0.191 e. The minimum absolute atomic E-state index is 0.189. The number of aliphatic imine (C=N–C) groups is 1. The average Bonchev–Trinajstić information content (AvgIpc) is 2.73. The monoisotopic (exact) mass is 399 g/mol. The van der Waals surface area contributed by atoms with Crippen LogP contribution in [0.3, 0.4) is 0 Å². The van der Waals surface area contributed by atoms with Crippen LogP contribution in [0.1, 0.15) is 30.5 Å². The molecule has 1 atom stereocenters. The number of rotatable bonds is 6. The Morgan fingerprint density at radius 1 is 1.28 bits per heavy atom. The van der Waals surface area contributed by atoms with E-state index in [2.05, 4.69) is 38.5 Å². The SMILES string of the molecule is CCNC(=NCc1ccc(F)c(C)c1)NCc1ccnc(N2CCOC(C)C2)c1. The summed E-state index contributed by atoms with van der Waals surface area (Å²) in [5, 5.41) is 6.62. The van der Waals surface area contributed by atoms with Crippen LogP contribution in [0.4, 0.5) is 10.2 Å². The number of hydrogen-bond acceptors (Lipinski definition) is 4. The van der Waals surface area contributed by atoms with Crippen molar-refractivity contribution < 1.29 is 9.13 Å². The van der Waals surface area contributed by atoms with Crippen molar-refractivity contribution in [3.63, 3.8) is 0 Å². The van der Waals surface area contributed by atoms with Crippen LogP contribution in [0, 0.1) is 12.7 Å². The van der Waals surface area contributed by atoms with E-state index in [0.29, 0.717) is 18.7 Å². The fraction of sp³-hybridized carbons (Fsp3) is 0.455. The fourth-order valence-electron chi connectivity index (χ4n) is 3.27. The lowest BCUT2D eigenvalue weighted by molar-refractivity contribution is 0.0529. The van der Waals surface area contributed by atoms with E-state index in [0.717, 1.165) is 49.1 Å². The van der Waals surface area contributed by atoms with Gasteiger partial charge in [0.15, 0.2) is 5.96 Å². The summed E-state index contributed by atoms with van der Waals surface area (Å²) in [7, 11) is 0. The van der Waals surface area contributed by atoms with Crippen LogP contribution in [-0.4, -0.2) is 43.3 Å². The Morgan fingerprint density at radius 3 is 2.90 bits per heavy atom. The number of ether oxygens (including phenoxy) is 1. The highest BCUT2D eigenvalue weighted by molar-refractivity contribution is 5.79. The molecule has 0 saturated carbocycles. The quantitative estimate of drug-likeness (QED) is 0.578. The Bertz CT molecular complexity index is 842. The molecule has 156 valence electrons. The zero-order valence-corrected chi connectivity index (χ0v) is 17.4. The van der Waals surface area contributed by atoms with E-state index in [1.807, 2.05) is 25.3 Å². The van der Waals surface area contributed by atoms with Crippen molar-refractivity contribution >= 4 is 11.8 Å². The third-order valence-corrected chi connectivity index (χ3v) is 4.82. The molecule has 1 saturated heterocycles. The normalized spacial score (nSPS) is 17.3. The number of morpholine rings is 1. The van der Waals surface area contributed by atoms with Gasteiger partial charge in [-0.05, 0) is 55.7 Å². The number of pyridine rings is 1. The zero-order chi connectivity index (χ0) is 20.6. The predicted molar refractivity (Wildman–Crippen MR) is 115 cm³/mol. The number of nitrogens with one attached hydrogen (secondary N) is 2. The molecule has 1 aromatic heterocycles. The van der Waals surface area contributed by atoms with Gasteiger partial charge < -0.3 is 20.3 Å². The lowest BCUT2D eigenvalue weighted by Gasteiger charge is -2.32. The van der Waals surface area contributed by atoms with E-state index in [1.165, 1.54) is 6.07 Å². The van der Waals surface area contributed by atoms with Crippen LogP contribution in [0.2, 0.25) is 0 Å². The molecule has 0 radical (unpaired) electrons. The molecule has 3 rings (SSSR count). The van der Waals surface area contributed by atoms with Crippen LogP contribution < -0.4 is 15.5 Å². The summed E-state index contributed by atoms with van der Waals surface area (Å²) >= 11 is 0. The molecule has 1 aromatic carbocycles. The molecule has 1 aliphatic rings. The second kappa shape index (κ2) is 10.2. The number of anilines is 1. The number of nitrogens with zero attached hydrogens (tertiary/aromatic N) is 3. The second-order valence-electron chi connectivity index (χ2n) is 7.28. The van der Waals surface area contributed by atoms with Crippen LogP contribution in [0.15, 0.2) is 41.5 Å². The lowest BCUT2D eigenvalue weighted by atomic mass is 10.1. The van der Waals surface area contributed by atoms with E-state index in [9.17, 15) is 4.39 Å². The number of halogens is 1. The van der Waals surface area contributed by atoms with Crippen molar-refractivity contribution in [3.05, 3.63) is 59.0 Å². The molecule has 2 aromatic rings. The Morgan fingerprint density at radius 2 is 2.14 bits per heavy atom. The van der Waals surface area contributed by atoms with E-state index < -0.39 is 0 Å². The van der Waals surface area contributed by atoms with Crippen molar-refractivity contribution in [2.45, 2.75) is 40.0 Å². The zero-order valence-electron chi connectivity index (χ0n) is 17.4. The van der Waals surface area contributed by atoms with Gasteiger partial charge in [0.25, 0.3) is 0 Å². The fourth-order valence-corrected chi connectivity index (χ4v) is 3.27. The van der Waals surface area contributed by atoms with Gasteiger partial charge in [-0.25, -0.2) is 14.4 Å². The molecule has 1 unspecified atom stereocenters. The van der Waals surface area contributed by atoms with Crippen LogP contribution in [0.25, 0.3) is 0 Å². The van der Waals surface area contributed by atoms with Gasteiger partial charge in [0.05, 0.1) is 19.3 Å². The largest absolute Gasteiger partial charge is 0.375 e. The highest BCUT2D eigenvalue weighted by atomic mass is 19.1. The van der Waals surface area contributed by atoms with Crippen molar-refractivity contribution in [2.75, 3.05) is 31.1 Å². The number of aryl methyl sites for hydroxylation is 1. The minimum Gasteiger partial charge on any atom is -0.375 e. The molecule has 1 fully saturated rings. The Balaban J connectivity index is 1.62. The number of benzene rings is 1. The summed E-state index contributed by atoms with van der Waals surface area (Å²) in [5.41, 5.74) is 2.75. The van der Waals surface area contributed by atoms with Gasteiger partial charge in [0.2, 0.25) is 0 Å². The van der Waals surface area contributed by atoms with E-state index in [-0.39, 0.29) is 11.9 Å². The Hall–Kier alpha value is -2.67. The summed E-state index contributed by atoms with van der Waals surface area (Å²) in [6, 6.07) is 9.21. The van der Waals surface area contributed by atoms with E-state index >= 15 is 0 Å². The van der Waals surface area contributed by atoms with Gasteiger partial charge in [-0.15, -0.1) is 0 Å². The third kappa shape index (κ3) is 6.15. The molecule has 0 aliphatic carbocycles. The maximum atomic E-state index is 13.4. The lowest BCUT2D eigenvalue weighted by Crippen LogP contribution is -2.41. The molecule has 2 N–H and O–H groups in total. The first-order chi connectivity index (χ1) is 14.0.